The number of alkyl halides is 2. The Morgan fingerprint density at radius 2 is 2.20 bits per heavy atom. The number of hydrogen-bond acceptors (Lipinski definition) is 4. The molecule has 1 aromatic heterocycles. The van der Waals surface area contributed by atoms with Crippen LogP contribution in [0.25, 0.3) is 0 Å². The van der Waals surface area contributed by atoms with Crippen LogP contribution in [0, 0.1) is 16.1 Å². The smallest absolute Gasteiger partial charge is 0.284 e. The van der Waals surface area contributed by atoms with E-state index in [0.29, 0.717) is 6.07 Å². The van der Waals surface area contributed by atoms with Crippen molar-refractivity contribution in [3.05, 3.63) is 33.4 Å². The first-order valence-electron chi connectivity index (χ1n) is 3.70. The highest BCUT2D eigenvalue weighted by Gasteiger charge is 2.28. The monoisotopic (exact) mass is 222 g/mol. The summed E-state index contributed by atoms with van der Waals surface area (Å²) in [5.41, 5.74) is -2.82. The molecule has 0 unspecified atom stereocenters. The standard InChI is InChI=1S/C7H5F3N2O3/c8-6(9)5-4(12(14)15)1-3(2-13)11-7(5)10/h1,6,13H,2H2. The van der Waals surface area contributed by atoms with E-state index in [1.54, 1.807) is 0 Å². The van der Waals surface area contributed by atoms with E-state index in [9.17, 15) is 23.3 Å². The van der Waals surface area contributed by atoms with E-state index >= 15 is 0 Å². The van der Waals surface area contributed by atoms with Crippen LogP contribution in [0.5, 0.6) is 0 Å². The van der Waals surface area contributed by atoms with Gasteiger partial charge in [0.05, 0.1) is 17.2 Å². The first kappa shape index (κ1) is 11.4. The number of nitrogens with zero attached hydrogens (tertiary/aromatic N) is 2. The quantitative estimate of drug-likeness (QED) is 0.478. The molecular formula is C7H5F3N2O3. The Bertz CT molecular complexity index is 397. The number of aliphatic hydroxyl groups excluding tert-OH is 1. The Labute approximate surface area is 81.3 Å². The SMILES string of the molecule is O=[N+]([O-])c1cc(CO)nc(F)c1C(F)F. The van der Waals surface area contributed by atoms with Crippen LogP contribution in [0.3, 0.4) is 0 Å². The molecule has 0 aliphatic heterocycles. The fraction of sp³-hybridized carbons (Fsp3) is 0.286. The third-order valence-corrected chi connectivity index (χ3v) is 1.62. The molecule has 5 nitrogen and oxygen atoms in total. The molecule has 0 aromatic carbocycles. The zero-order valence-corrected chi connectivity index (χ0v) is 7.15. The van der Waals surface area contributed by atoms with Gasteiger partial charge in [-0.15, -0.1) is 0 Å². The molecule has 0 aliphatic rings. The first-order chi connectivity index (χ1) is 6.97. The number of aromatic nitrogens is 1. The number of aliphatic hydroxyl groups is 1. The average Bonchev–Trinajstić information content (AvgIpc) is 2.15. The van der Waals surface area contributed by atoms with Crippen LogP contribution in [0.4, 0.5) is 18.9 Å². The van der Waals surface area contributed by atoms with Gasteiger partial charge in [-0.25, -0.2) is 13.8 Å². The summed E-state index contributed by atoms with van der Waals surface area (Å²) < 4.78 is 37.4. The largest absolute Gasteiger partial charge is 0.390 e. The third-order valence-electron chi connectivity index (χ3n) is 1.62. The maximum atomic E-state index is 12.9. The van der Waals surface area contributed by atoms with Crippen molar-refractivity contribution in [2.24, 2.45) is 0 Å². The van der Waals surface area contributed by atoms with Crippen molar-refractivity contribution in [1.29, 1.82) is 0 Å². The molecule has 1 N–H and O–H groups in total. The molecule has 0 saturated heterocycles. The molecule has 1 rings (SSSR count). The molecule has 0 radical (unpaired) electrons. The van der Waals surface area contributed by atoms with E-state index in [2.05, 4.69) is 4.98 Å². The molecule has 0 spiro atoms. The van der Waals surface area contributed by atoms with Gasteiger partial charge < -0.3 is 5.11 Å². The molecule has 1 aromatic rings. The molecule has 1 heterocycles. The van der Waals surface area contributed by atoms with Gasteiger partial charge in [0, 0.05) is 6.07 Å². The predicted octanol–water partition coefficient (Wildman–Crippen LogP) is 1.56. The van der Waals surface area contributed by atoms with Crippen molar-refractivity contribution in [2.45, 2.75) is 13.0 Å². The lowest BCUT2D eigenvalue weighted by Gasteiger charge is -2.04. The van der Waals surface area contributed by atoms with Gasteiger partial charge in [0.15, 0.2) is 5.56 Å². The fourth-order valence-electron chi connectivity index (χ4n) is 0.994. The van der Waals surface area contributed by atoms with Gasteiger partial charge in [-0.2, -0.15) is 4.39 Å². The van der Waals surface area contributed by atoms with Crippen molar-refractivity contribution >= 4 is 5.69 Å². The lowest BCUT2D eigenvalue weighted by Crippen LogP contribution is -2.05. The van der Waals surface area contributed by atoms with Crippen LogP contribution < -0.4 is 0 Å². The molecule has 82 valence electrons. The summed E-state index contributed by atoms with van der Waals surface area (Å²) in [4.78, 5) is 12.2. The Kier molecular flexibility index (Phi) is 3.20. The Balaban J connectivity index is 3.42. The van der Waals surface area contributed by atoms with Crippen molar-refractivity contribution in [3.63, 3.8) is 0 Å². The molecule has 15 heavy (non-hydrogen) atoms. The van der Waals surface area contributed by atoms with Crippen molar-refractivity contribution in [3.8, 4) is 0 Å². The van der Waals surface area contributed by atoms with E-state index in [0.717, 1.165) is 0 Å². The topological polar surface area (TPSA) is 76.3 Å². The van der Waals surface area contributed by atoms with Crippen LogP contribution in [0.2, 0.25) is 0 Å². The van der Waals surface area contributed by atoms with Gasteiger partial charge in [0.1, 0.15) is 0 Å². The second kappa shape index (κ2) is 4.22. The minimum absolute atomic E-state index is 0.372. The van der Waals surface area contributed by atoms with E-state index in [-0.39, 0.29) is 5.69 Å². The van der Waals surface area contributed by atoms with Crippen molar-refractivity contribution in [2.75, 3.05) is 0 Å². The second-order valence-electron chi connectivity index (χ2n) is 2.55. The van der Waals surface area contributed by atoms with Crippen LogP contribution in [0.15, 0.2) is 6.07 Å². The first-order valence-corrected chi connectivity index (χ1v) is 3.70. The van der Waals surface area contributed by atoms with Gasteiger partial charge >= 0.3 is 0 Å². The van der Waals surface area contributed by atoms with Crippen LogP contribution in [-0.2, 0) is 6.61 Å². The average molecular weight is 222 g/mol. The highest BCUT2D eigenvalue weighted by molar-refractivity contribution is 5.41. The summed E-state index contributed by atoms with van der Waals surface area (Å²) in [6, 6.07) is 0.616. The molecule has 0 saturated carbocycles. The van der Waals surface area contributed by atoms with Gasteiger partial charge in [-0.05, 0) is 0 Å². The lowest BCUT2D eigenvalue weighted by atomic mass is 10.2. The predicted molar refractivity (Wildman–Crippen MR) is 41.7 cm³/mol. The van der Waals surface area contributed by atoms with E-state index in [4.69, 9.17) is 5.11 Å². The van der Waals surface area contributed by atoms with Gasteiger partial charge in [0.2, 0.25) is 5.95 Å². The van der Waals surface area contributed by atoms with Crippen LogP contribution in [-0.4, -0.2) is 15.0 Å². The molecule has 0 bridgehead atoms. The summed E-state index contributed by atoms with van der Waals surface area (Å²) in [5.74, 6) is -1.64. The second-order valence-corrected chi connectivity index (χ2v) is 2.55. The minimum Gasteiger partial charge on any atom is -0.390 e. The third kappa shape index (κ3) is 2.21. The number of rotatable bonds is 3. The molecule has 0 aliphatic carbocycles. The molecule has 0 atom stereocenters. The number of halogens is 3. The normalized spacial score (nSPS) is 10.7. The van der Waals surface area contributed by atoms with Gasteiger partial charge in [-0.1, -0.05) is 0 Å². The maximum Gasteiger partial charge on any atom is 0.284 e. The number of pyridine rings is 1. The van der Waals surface area contributed by atoms with Gasteiger partial charge in [-0.3, -0.25) is 10.1 Å². The number of hydrogen-bond donors (Lipinski definition) is 1. The van der Waals surface area contributed by atoms with Crippen molar-refractivity contribution in [1.82, 2.24) is 4.98 Å². The Morgan fingerprint density at radius 3 is 2.60 bits per heavy atom. The molecule has 0 amide bonds. The highest BCUT2D eigenvalue weighted by Crippen LogP contribution is 2.30. The van der Waals surface area contributed by atoms with Crippen LogP contribution in [0.1, 0.15) is 17.7 Å². The molecule has 8 heteroatoms. The minimum atomic E-state index is -3.33. The van der Waals surface area contributed by atoms with Crippen molar-refractivity contribution < 1.29 is 23.2 Å². The number of nitro groups is 1. The zero-order valence-electron chi connectivity index (χ0n) is 7.15. The lowest BCUT2D eigenvalue weighted by molar-refractivity contribution is -0.386. The zero-order chi connectivity index (χ0) is 11.6. The summed E-state index contributed by atoms with van der Waals surface area (Å²) in [6.07, 6.45) is -3.33. The summed E-state index contributed by atoms with van der Waals surface area (Å²) in [6.45, 7) is -0.763. The van der Waals surface area contributed by atoms with E-state index in [1.807, 2.05) is 0 Å². The molecular weight excluding hydrogens is 217 g/mol. The Morgan fingerprint density at radius 1 is 1.60 bits per heavy atom. The maximum absolute atomic E-state index is 12.9. The van der Waals surface area contributed by atoms with E-state index < -0.39 is 35.2 Å². The van der Waals surface area contributed by atoms with Crippen LogP contribution >= 0.6 is 0 Å². The van der Waals surface area contributed by atoms with E-state index in [1.165, 1.54) is 0 Å². The summed E-state index contributed by atoms with van der Waals surface area (Å²) in [7, 11) is 0. The summed E-state index contributed by atoms with van der Waals surface area (Å²) in [5, 5.41) is 18.9. The highest BCUT2D eigenvalue weighted by atomic mass is 19.3. The molecule has 0 fully saturated rings. The van der Waals surface area contributed by atoms with Gasteiger partial charge in [0.25, 0.3) is 12.1 Å². The Hall–Kier alpha value is -1.70. The fourth-order valence-corrected chi connectivity index (χ4v) is 0.994. The summed E-state index contributed by atoms with van der Waals surface area (Å²) >= 11 is 0.